The number of rotatable bonds is 0. The lowest BCUT2D eigenvalue weighted by Crippen LogP contribution is -2.28. The summed E-state index contributed by atoms with van der Waals surface area (Å²) in [6.45, 7) is 10.3. The Kier molecular flexibility index (Phi) is 2.16. The maximum absolute atomic E-state index is 11.8. The topological polar surface area (TPSA) is 26.3 Å². The van der Waals surface area contributed by atoms with Gasteiger partial charge in [0, 0.05) is 5.56 Å². The smallest absolute Gasteiger partial charge is 0.321 e. The second-order valence-corrected chi connectivity index (χ2v) is 5.94. The summed E-state index contributed by atoms with van der Waals surface area (Å²) in [4.78, 5) is 11.8. The van der Waals surface area contributed by atoms with E-state index in [0.29, 0.717) is 0 Å². The summed E-state index contributed by atoms with van der Waals surface area (Å²) in [6.07, 6.45) is 0. The van der Waals surface area contributed by atoms with Crippen molar-refractivity contribution in [3.8, 4) is 5.75 Å². The molecule has 0 saturated heterocycles. The molecular formula is C14H18O2. The van der Waals surface area contributed by atoms with E-state index in [-0.39, 0.29) is 11.4 Å². The van der Waals surface area contributed by atoms with Crippen molar-refractivity contribution in [2.24, 2.45) is 0 Å². The fraction of sp³-hybridized carbons (Fsp3) is 0.500. The average molecular weight is 218 g/mol. The summed E-state index contributed by atoms with van der Waals surface area (Å²) in [5, 5.41) is 0. The molecule has 2 rings (SSSR count). The molecule has 0 saturated carbocycles. The van der Waals surface area contributed by atoms with Gasteiger partial charge in [-0.3, -0.25) is 4.79 Å². The molecule has 0 amide bonds. The lowest BCUT2D eigenvalue weighted by Gasteiger charge is -2.26. The number of carbonyl (C=O) groups excluding carboxylic acids is 1. The van der Waals surface area contributed by atoms with Crippen LogP contribution in [0.1, 0.15) is 45.7 Å². The Labute approximate surface area is 96.6 Å². The van der Waals surface area contributed by atoms with Crippen LogP contribution in [-0.4, -0.2) is 5.97 Å². The molecule has 16 heavy (non-hydrogen) atoms. The summed E-state index contributed by atoms with van der Waals surface area (Å²) in [7, 11) is 0. The molecule has 0 atom stereocenters. The fourth-order valence-electron chi connectivity index (χ4n) is 2.22. The number of esters is 1. The van der Waals surface area contributed by atoms with Crippen LogP contribution in [0.15, 0.2) is 18.2 Å². The van der Waals surface area contributed by atoms with Gasteiger partial charge in [0.05, 0.1) is 5.41 Å². The van der Waals surface area contributed by atoms with E-state index in [4.69, 9.17) is 4.74 Å². The van der Waals surface area contributed by atoms with E-state index in [1.165, 1.54) is 5.56 Å². The van der Waals surface area contributed by atoms with E-state index >= 15 is 0 Å². The summed E-state index contributed by atoms with van der Waals surface area (Å²) in [5.74, 6) is 0.571. The lowest BCUT2D eigenvalue weighted by atomic mass is 9.75. The highest BCUT2D eigenvalue weighted by atomic mass is 16.5. The normalized spacial score (nSPS) is 18.2. The molecule has 0 unspecified atom stereocenters. The van der Waals surface area contributed by atoms with Crippen molar-refractivity contribution < 1.29 is 9.53 Å². The first kappa shape index (κ1) is 11.2. The molecule has 0 aliphatic carbocycles. The third-order valence-corrected chi connectivity index (χ3v) is 3.17. The molecule has 0 N–H and O–H groups in total. The number of benzene rings is 1. The van der Waals surface area contributed by atoms with E-state index in [1.54, 1.807) is 0 Å². The Bertz CT molecular complexity index is 450. The molecule has 0 radical (unpaired) electrons. The third kappa shape index (κ3) is 1.44. The number of fused-ring (bicyclic) bond motifs is 1. The predicted molar refractivity (Wildman–Crippen MR) is 63.8 cm³/mol. The summed E-state index contributed by atoms with van der Waals surface area (Å²) in [6, 6.07) is 5.91. The molecule has 1 heterocycles. The summed E-state index contributed by atoms with van der Waals surface area (Å²) >= 11 is 0. The van der Waals surface area contributed by atoms with E-state index in [0.717, 1.165) is 11.3 Å². The maximum Gasteiger partial charge on any atom is 0.321 e. The van der Waals surface area contributed by atoms with Crippen molar-refractivity contribution in [2.45, 2.75) is 45.4 Å². The molecule has 0 aromatic heterocycles. The average Bonchev–Trinajstić information content (AvgIpc) is 2.37. The molecule has 0 fully saturated rings. The highest BCUT2D eigenvalue weighted by Gasteiger charge is 2.44. The molecular weight excluding hydrogens is 200 g/mol. The van der Waals surface area contributed by atoms with Crippen LogP contribution in [-0.2, 0) is 15.6 Å². The Morgan fingerprint density at radius 2 is 1.81 bits per heavy atom. The quantitative estimate of drug-likeness (QED) is 0.494. The van der Waals surface area contributed by atoms with Crippen molar-refractivity contribution in [1.82, 2.24) is 0 Å². The van der Waals surface area contributed by atoms with Crippen LogP contribution in [0.25, 0.3) is 0 Å². The van der Waals surface area contributed by atoms with Crippen molar-refractivity contribution in [3.05, 3.63) is 29.3 Å². The van der Waals surface area contributed by atoms with Crippen molar-refractivity contribution >= 4 is 5.97 Å². The Hall–Kier alpha value is -1.31. The Morgan fingerprint density at radius 1 is 1.19 bits per heavy atom. The standard InChI is InChI=1S/C14H18O2/c1-13(2,3)9-7-6-8-10-11(9)14(4,5)12(15)16-10/h6-8H,1-5H3. The van der Waals surface area contributed by atoms with Gasteiger partial charge >= 0.3 is 5.97 Å². The monoisotopic (exact) mass is 218 g/mol. The second kappa shape index (κ2) is 3.09. The van der Waals surface area contributed by atoms with Crippen LogP contribution < -0.4 is 4.74 Å². The summed E-state index contributed by atoms with van der Waals surface area (Å²) < 4.78 is 5.32. The van der Waals surface area contributed by atoms with E-state index < -0.39 is 5.41 Å². The molecule has 1 aromatic rings. The molecule has 1 aliphatic heterocycles. The molecule has 2 heteroatoms. The predicted octanol–water partition coefficient (Wildman–Crippen LogP) is 3.18. The number of carbonyl (C=O) groups is 1. The van der Waals surface area contributed by atoms with E-state index in [1.807, 2.05) is 26.0 Å². The van der Waals surface area contributed by atoms with Crippen LogP contribution >= 0.6 is 0 Å². The SMILES string of the molecule is CC(C)(C)c1cccc2c1C(C)(C)C(=O)O2. The molecule has 86 valence electrons. The van der Waals surface area contributed by atoms with Gasteiger partial charge in [-0.2, -0.15) is 0 Å². The Morgan fingerprint density at radius 3 is 2.38 bits per heavy atom. The first-order valence-electron chi connectivity index (χ1n) is 5.61. The minimum Gasteiger partial charge on any atom is -0.426 e. The van der Waals surface area contributed by atoms with Gasteiger partial charge in [0.1, 0.15) is 5.75 Å². The van der Waals surface area contributed by atoms with Crippen molar-refractivity contribution in [1.29, 1.82) is 0 Å². The van der Waals surface area contributed by atoms with Gasteiger partial charge in [0.15, 0.2) is 0 Å². The minimum absolute atomic E-state index is 0.0244. The maximum atomic E-state index is 11.8. The summed E-state index contributed by atoms with van der Waals surface area (Å²) in [5.41, 5.74) is 1.74. The van der Waals surface area contributed by atoms with Crippen LogP contribution in [0.4, 0.5) is 0 Å². The zero-order valence-electron chi connectivity index (χ0n) is 10.5. The first-order chi connectivity index (χ1) is 7.24. The van der Waals surface area contributed by atoms with Gasteiger partial charge in [-0.15, -0.1) is 0 Å². The number of hydrogen-bond donors (Lipinski definition) is 0. The van der Waals surface area contributed by atoms with Gasteiger partial charge in [-0.1, -0.05) is 32.9 Å². The zero-order chi connectivity index (χ0) is 12.1. The highest BCUT2D eigenvalue weighted by molar-refractivity contribution is 5.90. The highest BCUT2D eigenvalue weighted by Crippen LogP contribution is 2.44. The Balaban J connectivity index is 2.71. The van der Waals surface area contributed by atoms with E-state index in [9.17, 15) is 4.79 Å². The molecule has 0 spiro atoms. The zero-order valence-corrected chi connectivity index (χ0v) is 10.5. The van der Waals surface area contributed by atoms with E-state index in [2.05, 4.69) is 26.8 Å². The van der Waals surface area contributed by atoms with Crippen molar-refractivity contribution in [3.63, 3.8) is 0 Å². The van der Waals surface area contributed by atoms with Crippen molar-refractivity contribution in [2.75, 3.05) is 0 Å². The minimum atomic E-state index is -0.529. The van der Waals surface area contributed by atoms with Gasteiger partial charge in [-0.05, 0) is 30.9 Å². The first-order valence-corrected chi connectivity index (χ1v) is 5.61. The lowest BCUT2D eigenvalue weighted by molar-refractivity contribution is -0.137. The van der Waals surface area contributed by atoms with Gasteiger partial charge in [0.25, 0.3) is 0 Å². The second-order valence-electron chi connectivity index (χ2n) is 5.94. The van der Waals surface area contributed by atoms with Crippen LogP contribution in [0.3, 0.4) is 0 Å². The van der Waals surface area contributed by atoms with Crippen LogP contribution in [0.5, 0.6) is 5.75 Å². The fourth-order valence-corrected chi connectivity index (χ4v) is 2.22. The molecule has 0 bridgehead atoms. The van der Waals surface area contributed by atoms with Crippen LogP contribution in [0, 0.1) is 0 Å². The molecule has 1 aromatic carbocycles. The third-order valence-electron chi connectivity index (χ3n) is 3.17. The van der Waals surface area contributed by atoms with Gasteiger partial charge in [0.2, 0.25) is 0 Å². The molecule has 1 aliphatic rings. The largest absolute Gasteiger partial charge is 0.426 e. The van der Waals surface area contributed by atoms with Gasteiger partial charge in [-0.25, -0.2) is 0 Å². The molecule has 2 nitrogen and oxygen atoms in total. The number of hydrogen-bond acceptors (Lipinski definition) is 2. The number of ether oxygens (including phenoxy) is 1. The van der Waals surface area contributed by atoms with Gasteiger partial charge < -0.3 is 4.74 Å². The van der Waals surface area contributed by atoms with Crippen LogP contribution in [0.2, 0.25) is 0 Å².